The summed E-state index contributed by atoms with van der Waals surface area (Å²) in [7, 11) is 1.78. The van der Waals surface area contributed by atoms with Crippen LogP contribution in [0.25, 0.3) is 0 Å². The number of aliphatic hydroxyl groups is 1. The monoisotopic (exact) mass is 295 g/mol. The lowest BCUT2D eigenvalue weighted by molar-refractivity contribution is 0.181. The molecule has 1 unspecified atom stereocenters. The maximum atomic E-state index is 10.3. The smallest absolute Gasteiger partial charge is 0.198 e. The van der Waals surface area contributed by atoms with E-state index in [-0.39, 0.29) is 0 Å². The molecule has 0 spiro atoms. The predicted octanol–water partition coefficient (Wildman–Crippen LogP) is 2.36. The van der Waals surface area contributed by atoms with Crippen LogP contribution in [0.1, 0.15) is 17.2 Å². The van der Waals surface area contributed by atoms with Crippen LogP contribution < -0.4 is 10.2 Å². The standard InChI is InChI=1S/C18H21N3O/c1-19-18(20-13-17(22)15-8-3-2-4-9-15)21-12-11-14-7-5-6-10-16(14)21/h2-10,17,22H,11-13H2,1H3,(H,19,20). The molecule has 4 heteroatoms. The van der Waals surface area contributed by atoms with Crippen LogP contribution in [-0.2, 0) is 6.42 Å². The van der Waals surface area contributed by atoms with E-state index in [2.05, 4.69) is 33.4 Å². The van der Waals surface area contributed by atoms with Gasteiger partial charge in [0.05, 0.1) is 6.10 Å². The number of hydrogen-bond acceptors (Lipinski definition) is 2. The van der Waals surface area contributed by atoms with E-state index in [0.29, 0.717) is 6.54 Å². The first-order valence-corrected chi connectivity index (χ1v) is 7.58. The molecule has 0 fully saturated rings. The summed E-state index contributed by atoms with van der Waals surface area (Å²) in [6.45, 7) is 1.36. The summed E-state index contributed by atoms with van der Waals surface area (Å²) in [6.07, 6.45) is 0.480. The Labute approximate surface area is 131 Å². The molecular weight excluding hydrogens is 274 g/mol. The molecule has 0 aliphatic carbocycles. The van der Waals surface area contributed by atoms with E-state index in [0.717, 1.165) is 24.5 Å². The molecule has 1 aliphatic heterocycles. The van der Waals surface area contributed by atoms with Crippen molar-refractivity contribution in [2.75, 3.05) is 25.0 Å². The molecule has 2 aromatic carbocycles. The van der Waals surface area contributed by atoms with E-state index in [1.807, 2.05) is 36.4 Å². The zero-order chi connectivity index (χ0) is 15.4. The lowest BCUT2D eigenvalue weighted by Gasteiger charge is -2.23. The molecule has 0 saturated carbocycles. The van der Waals surface area contributed by atoms with Crippen molar-refractivity contribution in [2.24, 2.45) is 4.99 Å². The summed E-state index contributed by atoms with van der Waals surface area (Å²) in [5.41, 5.74) is 3.45. The lowest BCUT2D eigenvalue weighted by atomic mass is 10.1. The van der Waals surface area contributed by atoms with Gasteiger partial charge >= 0.3 is 0 Å². The predicted molar refractivity (Wildman–Crippen MR) is 90.3 cm³/mol. The highest BCUT2D eigenvalue weighted by Gasteiger charge is 2.22. The molecule has 0 bridgehead atoms. The van der Waals surface area contributed by atoms with Crippen LogP contribution in [0.2, 0.25) is 0 Å². The van der Waals surface area contributed by atoms with Crippen LogP contribution in [0.15, 0.2) is 59.6 Å². The zero-order valence-electron chi connectivity index (χ0n) is 12.7. The highest BCUT2D eigenvalue weighted by molar-refractivity contribution is 5.97. The van der Waals surface area contributed by atoms with Gasteiger partial charge in [0.1, 0.15) is 0 Å². The Hall–Kier alpha value is -2.33. The van der Waals surface area contributed by atoms with Gasteiger partial charge in [-0.05, 0) is 23.6 Å². The number of aliphatic imine (C=N–C) groups is 1. The number of aliphatic hydroxyl groups excluding tert-OH is 1. The number of fused-ring (bicyclic) bond motifs is 1. The SMILES string of the molecule is CN=C(NCC(O)c1ccccc1)N1CCc2ccccc21. The minimum Gasteiger partial charge on any atom is -0.387 e. The molecule has 1 atom stereocenters. The number of nitrogens with zero attached hydrogens (tertiary/aromatic N) is 2. The molecule has 4 nitrogen and oxygen atoms in total. The first-order valence-electron chi connectivity index (χ1n) is 7.58. The second-order valence-corrected chi connectivity index (χ2v) is 5.38. The van der Waals surface area contributed by atoms with Gasteiger partial charge in [0, 0.05) is 25.8 Å². The van der Waals surface area contributed by atoms with Gasteiger partial charge in [-0.3, -0.25) is 4.99 Å². The van der Waals surface area contributed by atoms with Gasteiger partial charge in [0.15, 0.2) is 5.96 Å². The summed E-state index contributed by atoms with van der Waals surface area (Å²) >= 11 is 0. The van der Waals surface area contributed by atoms with Crippen molar-refractivity contribution in [3.63, 3.8) is 0 Å². The van der Waals surface area contributed by atoms with Gasteiger partial charge in [-0.2, -0.15) is 0 Å². The van der Waals surface area contributed by atoms with Crippen LogP contribution in [0.5, 0.6) is 0 Å². The van der Waals surface area contributed by atoms with Gasteiger partial charge in [0.2, 0.25) is 0 Å². The zero-order valence-corrected chi connectivity index (χ0v) is 12.7. The van der Waals surface area contributed by atoms with Gasteiger partial charge in [0.25, 0.3) is 0 Å². The Morgan fingerprint density at radius 1 is 1.18 bits per heavy atom. The second-order valence-electron chi connectivity index (χ2n) is 5.38. The minimum absolute atomic E-state index is 0.440. The number of benzene rings is 2. The lowest BCUT2D eigenvalue weighted by Crippen LogP contribution is -2.42. The highest BCUT2D eigenvalue weighted by atomic mass is 16.3. The second kappa shape index (κ2) is 6.62. The van der Waals surface area contributed by atoms with E-state index in [1.54, 1.807) is 7.05 Å². The molecule has 0 amide bonds. The number of anilines is 1. The molecule has 3 rings (SSSR count). The fraction of sp³-hybridized carbons (Fsp3) is 0.278. The third kappa shape index (κ3) is 2.97. The van der Waals surface area contributed by atoms with E-state index in [4.69, 9.17) is 0 Å². The molecule has 114 valence electrons. The Balaban J connectivity index is 1.67. The van der Waals surface area contributed by atoms with Crippen molar-refractivity contribution >= 4 is 11.6 Å². The fourth-order valence-electron chi connectivity index (χ4n) is 2.83. The summed E-state index contributed by atoms with van der Waals surface area (Å²) in [5, 5.41) is 13.5. The number of hydrogen-bond donors (Lipinski definition) is 2. The average Bonchev–Trinajstić information content (AvgIpc) is 3.00. The molecule has 1 aliphatic rings. The Morgan fingerprint density at radius 3 is 2.68 bits per heavy atom. The van der Waals surface area contributed by atoms with Crippen molar-refractivity contribution in [1.29, 1.82) is 0 Å². The summed E-state index contributed by atoms with van der Waals surface area (Å²) in [5.74, 6) is 0.805. The molecule has 22 heavy (non-hydrogen) atoms. The molecule has 1 heterocycles. The van der Waals surface area contributed by atoms with Crippen LogP contribution >= 0.6 is 0 Å². The third-order valence-corrected chi connectivity index (χ3v) is 3.99. The van der Waals surface area contributed by atoms with E-state index in [9.17, 15) is 5.11 Å². The Morgan fingerprint density at radius 2 is 1.91 bits per heavy atom. The topological polar surface area (TPSA) is 47.9 Å². The van der Waals surface area contributed by atoms with E-state index in [1.165, 1.54) is 11.3 Å². The number of para-hydroxylation sites is 1. The van der Waals surface area contributed by atoms with Crippen LogP contribution in [0, 0.1) is 0 Å². The largest absolute Gasteiger partial charge is 0.387 e. The number of guanidine groups is 1. The number of rotatable bonds is 3. The van der Waals surface area contributed by atoms with Crippen molar-refractivity contribution < 1.29 is 5.11 Å². The molecule has 2 aromatic rings. The normalized spacial score (nSPS) is 15.5. The Kier molecular flexibility index (Phi) is 4.39. The molecule has 2 N–H and O–H groups in total. The van der Waals surface area contributed by atoms with Crippen molar-refractivity contribution in [3.05, 3.63) is 65.7 Å². The summed E-state index contributed by atoms with van der Waals surface area (Å²) < 4.78 is 0. The summed E-state index contributed by atoms with van der Waals surface area (Å²) in [6, 6.07) is 18.1. The number of nitrogens with one attached hydrogen (secondary N) is 1. The fourth-order valence-corrected chi connectivity index (χ4v) is 2.83. The maximum absolute atomic E-state index is 10.3. The van der Waals surface area contributed by atoms with Crippen molar-refractivity contribution in [2.45, 2.75) is 12.5 Å². The van der Waals surface area contributed by atoms with Crippen LogP contribution in [-0.4, -0.2) is 31.2 Å². The Bertz CT molecular complexity index is 654. The van der Waals surface area contributed by atoms with Gasteiger partial charge in [-0.25, -0.2) is 0 Å². The quantitative estimate of drug-likeness (QED) is 0.675. The van der Waals surface area contributed by atoms with Crippen LogP contribution in [0.4, 0.5) is 5.69 Å². The third-order valence-electron chi connectivity index (χ3n) is 3.99. The van der Waals surface area contributed by atoms with Crippen LogP contribution in [0.3, 0.4) is 0 Å². The van der Waals surface area contributed by atoms with Crippen molar-refractivity contribution in [3.8, 4) is 0 Å². The first-order chi connectivity index (χ1) is 10.8. The summed E-state index contributed by atoms with van der Waals surface area (Å²) in [4.78, 5) is 6.53. The van der Waals surface area contributed by atoms with Gasteiger partial charge in [-0.1, -0.05) is 48.5 Å². The molecule has 0 radical (unpaired) electrons. The molecular formula is C18H21N3O. The van der Waals surface area contributed by atoms with Gasteiger partial charge < -0.3 is 15.3 Å². The highest BCUT2D eigenvalue weighted by Crippen LogP contribution is 2.27. The van der Waals surface area contributed by atoms with Gasteiger partial charge in [-0.15, -0.1) is 0 Å². The average molecular weight is 295 g/mol. The molecule has 0 aromatic heterocycles. The maximum Gasteiger partial charge on any atom is 0.198 e. The van der Waals surface area contributed by atoms with Crippen molar-refractivity contribution in [1.82, 2.24) is 5.32 Å². The van der Waals surface area contributed by atoms with E-state index >= 15 is 0 Å². The first kappa shape index (κ1) is 14.6. The molecule has 0 saturated heterocycles. The minimum atomic E-state index is -0.546. The van der Waals surface area contributed by atoms with E-state index < -0.39 is 6.10 Å².